The van der Waals surface area contributed by atoms with E-state index in [1.807, 2.05) is 6.92 Å². The monoisotopic (exact) mass is 274 g/mol. The average molecular weight is 274 g/mol. The minimum atomic E-state index is -0.946. The van der Waals surface area contributed by atoms with Crippen LogP contribution in [0.2, 0.25) is 0 Å². The van der Waals surface area contributed by atoms with Crippen molar-refractivity contribution < 1.29 is 24.2 Å². The lowest BCUT2D eigenvalue weighted by molar-refractivity contribution is -0.142. The highest BCUT2D eigenvalue weighted by Gasteiger charge is 2.20. The molecule has 7 nitrogen and oxygen atoms in total. The summed E-state index contributed by atoms with van der Waals surface area (Å²) in [6.07, 6.45) is 1.13. The van der Waals surface area contributed by atoms with Gasteiger partial charge >= 0.3 is 18.0 Å². The number of urea groups is 1. The highest BCUT2D eigenvalue weighted by molar-refractivity contribution is 5.81. The van der Waals surface area contributed by atoms with Gasteiger partial charge in [-0.3, -0.25) is 9.59 Å². The van der Waals surface area contributed by atoms with Gasteiger partial charge in [-0.05, 0) is 12.8 Å². The fourth-order valence-corrected chi connectivity index (χ4v) is 1.47. The summed E-state index contributed by atoms with van der Waals surface area (Å²) in [5, 5.41) is 11.4. The Morgan fingerprint density at radius 2 is 1.95 bits per heavy atom. The third-order valence-electron chi connectivity index (χ3n) is 2.67. The molecule has 1 unspecified atom stereocenters. The van der Waals surface area contributed by atoms with Gasteiger partial charge in [-0.1, -0.05) is 13.8 Å². The van der Waals surface area contributed by atoms with Crippen LogP contribution in [-0.2, 0) is 14.3 Å². The van der Waals surface area contributed by atoms with E-state index in [1.54, 1.807) is 6.92 Å². The van der Waals surface area contributed by atoms with Gasteiger partial charge in [0, 0.05) is 13.1 Å². The van der Waals surface area contributed by atoms with Crippen molar-refractivity contribution in [1.29, 1.82) is 0 Å². The summed E-state index contributed by atoms with van der Waals surface area (Å²) >= 11 is 0. The molecule has 0 saturated carbocycles. The van der Waals surface area contributed by atoms with Crippen molar-refractivity contribution in [3.63, 3.8) is 0 Å². The summed E-state index contributed by atoms with van der Waals surface area (Å²) in [4.78, 5) is 35.1. The summed E-state index contributed by atoms with van der Waals surface area (Å²) in [6, 6.07) is -0.452. The van der Waals surface area contributed by atoms with Gasteiger partial charge in [0.05, 0.1) is 13.0 Å². The molecular weight excluding hydrogens is 252 g/mol. The summed E-state index contributed by atoms with van der Waals surface area (Å²) in [7, 11) is 1.25. The van der Waals surface area contributed by atoms with E-state index in [4.69, 9.17) is 5.11 Å². The molecular formula is C12H22N2O5. The molecule has 110 valence electrons. The number of carboxylic acids is 1. The normalized spacial score (nSPS) is 11.5. The molecule has 0 aliphatic rings. The van der Waals surface area contributed by atoms with E-state index >= 15 is 0 Å². The minimum absolute atomic E-state index is 0.0477. The van der Waals surface area contributed by atoms with Crippen LogP contribution in [0.4, 0.5) is 4.79 Å². The zero-order chi connectivity index (χ0) is 14.8. The lowest BCUT2D eigenvalue weighted by Gasteiger charge is -2.22. The predicted molar refractivity (Wildman–Crippen MR) is 68.7 cm³/mol. The van der Waals surface area contributed by atoms with Crippen LogP contribution in [-0.4, -0.2) is 54.7 Å². The van der Waals surface area contributed by atoms with E-state index in [0.717, 1.165) is 0 Å². The first-order chi connectivity index (χ1) is 8.96. The van der Waals surface area contributed by atoms with Crippen molar-refractivity contribution >= 4 is 18.0 Å². The van der Waals surface area contributed by atoms with Gasteiger partial charge in [0.25, 0.3) is 0 Å². The van der Waals surface area contributed by atoms with Gasteiger partial charge in [0.1, 0.15) is 6.54 Å². The molecule has 0 aromatic carbocycles. The van der Waals surface area contributed by atoms with Crippen LogP contribution in [0.3, 0.4) is 0 Å². The van der Waals surface area contributed by atoms with E-state index in [0.29, 0.717) is 19.4 Å². The molecule has 1 atom stereocenters. The van der Waals surface area contributed by atoms with Crippen LogP contribution >= 0.6 is 0 Å². The molecule has 2 amide bonds. The van der Waals surface area contributed by atoms with Crippen molar-refractivity contribution in [1.82, 2.24) is 10.2 Å². The van der Waals surface area contributed by atoms with E-state index in [9.17, 15) is 14.4 Å². The number of carbonyl (C=O) groups is 3. The van der Waals surface area contributed by atoms with Gasteiger partial charge in [-0.15, -0.1) is 0 Å². The Morgan fingerprint density at radius 3 is 2.37 bits per heavy atom. The number of amides is 2. The number of esters is 1. The molecule has 2 N–H and O–H groups in total. The molecule has 0 bridgehead atoms. The first-order valence-electron chi connectivity index (χ1n) is 6.28. The number of rotatable bonds is 8. The van der Waals surface area contributed by atoms with E-state index < -0.39 is 23.9 Å². The molecule has 0 spiro atoms. The molecule has 0 aromatic heterocycles. The van der Waals surface area contributed by atoms with Crippen molar-refractivity contribution in [3.8, 4) is 0 Å². The zero-order valence-corrected chi connectivity index (χ0v) is 11.6. The maximum atomic E-state index is 11.8. The van der Waals surface area contributed by atoms with Crippen molar-refractivity contribution in [3.05, 3.63) is 0 Å². The molecule has 7 heteroatoms. The third-order valence-corrected chi connectivity index (χ3v) is 2.67. The van der Waals surface area contributed by atoms with Crippen LogP contribution in [0.5, 0.6) is 0 Å². The number of carbonyl (C=O) groups excluding carboxylic acids is 2. The van der Waals surface area contributed by atoms with Gasteiger partial charge in [-0.25, -0.2) is 4.79 Å². The lowest BCUT2D eigenvalue weighted by atomic mass is 10.1. The summed E-state index contributed by atoms with van der Waals surface area (Å²) in [5.41, 5.74) is 0. The highest BCUT2D eigenvalue weighted by Crippen LogP contribution is 2.01. The molecule has 0 aliphatic heterocycles. The lowest BCUT2D eigenvalue weighted by Crippen LogP contribution is -2.45. The Kier molecular flexibility index (Phi) is 8.32. The minimum Gasteiger partial charge on any atom is -0.481 e. The highest BCUT2D eigenvalue weighted by atomic mass is 16.5. The van der Waals surface area contributed by atoms with Gasteiger partial charge in [0.15, 0.2) is 0 Å². The van der Waals surface area contributed by atoms with Crippen LogP contribution in [0.1, 0.15) is 26.7 Å². The number of nitrogens with zero attached hydrogens (tertiary/aromatic N) is 1. The Bertz CT molecular complexity index is 319. The zero-order valence-electron chi connectivity index (χ0n) is 11.6. The largest absolute Gasteiger partial charge is 0.481 e. The fraction of sp³-hybridized carbons (Fsp3) is 0.750. The van der Waals surface area contributed by atoms with Crippen LogP contribution < -0.4 is 5.32 Å². The van der Waals surface area contributed by atoms with E-state index in [1.165, 1.54) is 12.0 Å². The first kappa shape index (κ1) is 17.2. The predicted octanol–water partition coefficient (Wildman–Crippen LogP) is 0.692. The van der Waals surface area contributed by atoms with E-state index in [-0.39, 0.29) is 13.1 Å². The Hall–Kier alpha value is -1.79. The number of aliphatic carboxylic acids is 1. The quantitative estimate of drug-likeness (QED) is 0.635. The second-order valence-electron chi connectivity index (χ2n) is 4.13. The first-order valence-corrected chi connectivity index (χ1v) is 6.28. The Balaban J connectivity index is 4.39. The fourth-order valence-electron chi connectivity index (χ4n) is 1.47. The molecule has 19 heavy (non-hydrogen) atoms. The third kappa shape index (κ3) is 6.64. The van der Waals surface area contributed by atoms with Gasteiger partial charge in [0.2, 0.25) is 0 Å². The number of hydrogen-bond acceptors (Lipinski definition) is 4. The molecule has 0 aromatic rings. The van der Waals surface area contributed by atoms with Crippen LogP contribution in [0, 0.1) is 5.92 Å². The standard InChI is InChI=1S/C12H22N2O5/c1-4-6-14(8-10(15)19-3)12(18)13-7-9(5-2)11(16)17/h9H,4-8H2,1-3H3,(H,13,18)(H,16,17). The number of carboxylic acid groups (broad SMARTS) is 1. The number of methoxy groups -OCH3 is 1. The second-order valence-corrected chi connectivity index (χ2v) is 4.13. The molecule has 0 aliphatic carbocycles. The maximum absolute atomic E-state index is 11.8. The smallest absolute Gasteiger partial charge is 0.325 e. The van der Waals surface area contributed by atoms with Gasteiger partial charge in [-0.2, -0.15) is 0 Å². The second kappa shape index (κ2) is 9.18. The molecule has 0 fully saturated rings. The van der Waals surface area contributed by atoms with Crippen molar-refractivity contribution in [2.75, 3.05) is 26.7 Å². The average Bonchev–Trinajstić information content (AvgIpc) is 2.38. The molecule has 0 saturated heterocycles. The summed E-state index contributed by atoms with van der Waals surface area (Å²) in [5.74, 6) is -2.07. The van der Waals surface area contributed by atoms with Gasteiger partial charge < -0.3 is 20.1 Å². The van der Waals surface area contributed by atoms with Crippen molar-refractivity contribution in [2.24, 2.45) is 5.92 Å². The number of hydrogen-bond donors (Lipinski definition) is 2. The summed E-state index contributed by atoms with van der Waals surface area (Å²) in [6.45, 7) is 3.93. The van der Waals surface area contributed by atoms with E-state index in [2.05, 4.69) is 10.1 Å². The number of ether oxygens (including phenoxy) is 1. The topological polar surface area (TPSA) is 95.9 Å². The molecule has 0 heterocycles. The Morgan fingerprint density at radius 1 is 1.32 bits per heavy atom. The van der Waals surface area contributed by atoms with Crippen LogP contribution in [0.25, 0.3) is 0 Å². The SMILES string of the molecule is CCCN(CC(=O)OC)C(=O)NCC(CC)C(=O)O. The molecule has 0 rings (SSSR count). The number of nitrogens with one attached hydrogen (secondary N) is 1. The summed E-state index contributed by atoms with van der Waals surface area (Å²) < 4.78 is 4.51. The van der Waals surface area contributed by atoms with Crippen LogP contribution in [0.15, 0.2) is 0 Å². The maximum Gasteiger partial charge on any atom is 0.325 e. The van der Waals surface area contributed by atoms with Crippen molar-refractivity contribution in [2.45, 2.75) is 26.7 Å². The Labute approximate surface area is 112 Å². The molecule has 0 radical (unpaired) electrons.